The summed E-state index contributed by atoms with van der Waals surface area (Å²) in [5.41, 5.74) is 0.0616. The molecule has 2 aromatic carbocycles. The molecule has 2 N–H and O–H groups in total. The minimum Gasteiger partial charge on any atom is -0.338 e. The Morgan fingerprint density at radius 3 is 2.39 bits per heavy atom. The second kappa shape index (κ2) is 7.13. The molecule has 7 heteroatoms. The third-order valence-electron chi connectivity index (χ3n) is 3.06. The van der Waals surface area contributed by atoms with Crippen molar-refractivity contribution in [3.05, 3.63) is 65.5 Å². The van der Waals surface area contributed by atoms with Crippen molar-refractivity contribution >= 4 is 11.7 Å². The van der Waals surface area contributed by atoms with Gasteiger partial charge < -0.3 is 10.6 Å². The van der Waals surface area contributed by atoms with Crippen molar-refractivity contribution in [3.8, 4) is 0 Å². The highest BCUT2D eigenvalue weighted by atomic mass is 19.4. The van der Waals surface area contributed by atoms with Gasteiger partial charge in [-0.3, -0.25) is 0 Å². The Morgan fingerprint density at radius 1 is 1.04 bits per heavy atom. The molecule has 0 aromatic heterocycles. The molecule has 2 rings (SSSR count). The van der Waals surface area contributed by atoms with Crippen LogP contribution < -0.4 is 10.6 Å². The van der Waals surface area contributed by atoms with Gasteiger partial charge in [0.15, 0.2) is 0 Å². The van der Waals surface area contributed by atoms with Crippen LogP contribution in [0.3, 0.4) is 0 Å². The summed E-state index contributed by atoms with van der Waals surface area (Å²) in [5.74, 6) is -0.344. The molecule has 0 atom stereocenters. The summed E-state index contributed by atoms with van der Waals surface area (Å²) >= 11 is 0. The Balaban J connectivity index is 1.84. The van der Waals surface area contributed by atoms with E-state index in [9.17, 15) is 22.4 Å². The topological polar surface area (TPSA) is 41.1 Å². The van der Waals surface area contributed by atoms with E-state index in [0.29, 0.717) is 6.42 Å². The largest absolute Gasteiger partial charge is 0.416 e. The average Bonchev–Trinajstić information content (AvgIpc) is 2.49. The predicted octanol–water partition coefficient (Wildman–Crippen LogP) is 4.21. The molecule has 23 heavy (non-hydrogen) atoms. The summed E-state index contributed by atoms with van der Waals surface area (Å²) in [6.45, 7) is 0.274. The van der Waals surface area contributed by atoms with Crippen molar-refractivity contribution in [1.82, 2.24) is 5.32 Å². The van der Waals surface area contributed by atoms with Crippen molar-refractivity contribution in [3.63, 3.8) is 0 Å². The number of hydrogen-bond donors (Lipinski definition) is 2. The Bertz CT molecular complexity index is 669. The molecule has 0 unspecified atom stereocenters. The molecular formula is C16H14F4N2O. The van der Waals surface area contributed by atoms with E-state index in [1.54, 1.807) is 12.1 Å². The van der Waals surface area contributed by atoms with Gasteiger partial charge in [0, 0.05) is 12.2 Å². The lowest BCUT2D eigenvalue weighted by Gasteiger charge is -2.10. The van der Waals surface area contributed by atoms with E-state index in [4.69, 9.17) is 0 Å². The molecule has 0 heterocycles. The lowest BCUT2D eigenvalue weighted by Crippen LogP contribution is -2.30. The molecule has 2 amide bonds. The molecule has 0 aliphatic rings. The van der Waals surface area contributed by atoms with Gasteiger partial charge in [-0.25, -0.2) is 9.18 Å². The smallest absolute Gasteiger partial charge is 0.338 e. The van der Waals surface area contributed by atoms with Crippen LogP contribution in [0.1, 0.15) is 11.1 Å². The van der Waals surface area contributed by atoms with Crippen molar-refractivity contribution in [1.29, 1.82) is 0 Å². The zero-order valence-corrected chi connectivity index (χ0v) is 12.0. The van der Waals surface area contributed by atoms with E-state index in [0.717, 1.165) is 17.7 Å². The fourth-order valence-electron chi connectivity index (χ4n) is 1.92. The van der Waals surface area contributed by atoms with Crippen molar-refractivity contribution in [2.24, 2.45) is 0 Å². The number of benzene rings is 2. The van der Waals surface area contributed by atoms with Crippen LogP contribution in [0.25, 0.3) is 0 Å². The van der Waals surface area contributed by atoms with Crippen molar-refractivity contribution < 1.29 is 22.4 Å². The second-order valence-electron chi connectivity index (χ2n) is 4.84. The third kappa shape index (κ3) is 5.28. The highest BCUT2D eigenvalue weighted by Crippen LogP contribution is 2.30. The first-order valence-electron chi connectivity index (χ1n) is 6.81. The van der Waals surface area contributed by atoms with Gasteiger partial charge in [0.2, 0.25) is 0 Å². The monoisotopic (exact) mass is 326 g/mol. The molecule has 0 saturated heterocycles. The Hall–Kier alpha value is -2.57. The highest BCUT2D eigenvalue weighted by molar-refractivity contribution is 5.89. The standard InChI is InChI=1S/C16H14F4N2O/c17-13-6-4-11(5-7-13)8-9-21-15(23)22-14-3-1-2-12(10-14)16(18,19)20/h1-7,10H,8-9H2,(H2,21,22,23). The Labute approximate surface area is 130 Å². The molecule has 2 aromatic rings. The maximum atomic E-state index is 12.7. The number of halogens is 4. The summed E-state index contributed by atoms with van der Waals surface area (Å²) < 4.78 is 50.4. The zero-order valence-electron chi connectivity index (χ0n) is 12.0. The molecule has 0 fully saturated rings. The number of hydrogen-bond acceptors (Lipinski definition) is 1. The van der Waals surface area contributed by atoms with Crippen LogP contribution in [0.2, 0.25) is 0 Å². The summed E-state index contributed by atoms with van der Waals surface area (Å²) in [4.78, 5) is 11.7. The van der Waals surface area contributed by atoms with Gasteiger partial charge in [-0.1, -0.05) is 18.2 Å². The molecule has 3 nitrogen and oxygen atoms in total. The number of rotatable bonds is 4. The molecule has 0 aliphatic heterocycles. The zero-order chi connectivity index (χ0) is 16.9. The number of amides is 2. The highest BCUT2D eigenvalue weighted by Gasteiger charge is 2.30. The SMILES string of the molecule is O=C(NCCc1ccc(F)cc1)Nc1cccc(C(F)(F)F)c1. The Kier molecular flexibility index (Phi) is 5.20. The number of urea groups is 1. The van der Waals surface area contributed by atoms with E-state index in [1.807, 2.05) is 0 Å². The number of anilines is 1. The van der Waals surface area contributed by atoms with Gasteiger partial charge in [0.1, 0.15) is 5.82 Å². The fourth-order valence-corrected chi connectivity index (χ4v) is 1.92. The van der Waals surface area contributed by atoms with Crippen molar-refractivity contribution in [2.45, 2.75) is 12.6 Å². The van der Waals surface area contributed by atoms with Gasteiger partial charge in [-0.2, -0.15) is 13.2 Å². The van der Waals surface area contributed by atoms with E-state index < -0.39 is 17.8 Å². The quantitative estimate of drug-likeness (QED) is 0.812. The fraction of sp³-hybridized carbons (Fsp3) is 0.188. The predicted molar refractivity (Wildman–Crippen MR) is 78.6 cm³/mol. The van der Waals surface area contributed by atoms with Crippen LogP contribution in [0.15, 0.2) is 48.5 Å². The normalized spacial score (nSPS) is 11.1. The summed E-state index contributed by atoms with van der Waals surface area (Å²) in [7, 11) is 0. The molecule has 122 valence electrons. The van der Waals surface area contributed by atoms with E-state index in [-0.39, 0.29) is 18.0 Å². The van der Waals surface area contributed by atoms with Crippen LogP contribution in [0.4, 0.5) is 28.0 Å². The van der Waals surface area contributed by atoms with Gasteiger partial charge in [0.05, 0.1) is 5.56 Å². The molecule has 0 spiro atoms. The number of alkyl halides is 3. The van der Waals surface area contributed by atoms with E-state index in [1.165, 1.54) is 24.3 Å². The minimum absolute atomic E-state index is 0.0547. The number of nitrogens with one attached hydrogen (secondary N) is 2. The average molecular weight is 326 g/mol. The van der Waals surface area contributed by atoms with E-state index >= 15 is 0 Å². The van der Waals surface area contributed by atoms with Crippen LogP contribution in [0, 0.1) is 5.82 Å². The summed E-state index contributed by atoms with van der Waals surface area (Å²) in [5, 5.41) is 4.87. The lowest BCUT2D eigenvalue weighted by atomic mass is 10.1. The number of carbonyl (C=O) groups is 1. The molecule has 0 saturated carbocycles. The first kappa shape index (κ1) is 16.8. The molecule has 0 radical (unpaired) electrons. The maximum Gasteiger partial charge on any atom is 0.416 e. The van der Waals surface area contributed by atoms with Gasteiger partial charge in [0.25, 0.3) is 0 Å². The van der Waals surface area contributed by atoms with Crippen LogP contribution in [-0.2, 0) is 12.6 Å². The van der Waals surface area contributed by atoms with Crippen molar-refractivity contribution in [2.75, 3.05) is 11.9 Å². The van der Waals surface area contributed by atoms with Crippen LogP contribution in [0.5, 0.6) is 0 Å². The lowest BCUT2D eigenvalue weighted by molar-refractivity contribution is -0.137. The van der Waals surface area contributed by atoms with Crippen LogP contribution in [-0.4, -0.2) is 12.6 Å². The molecule has 0 bridgehead atoms. The summed E-state index contributed by atoms with van der Waals surface area (Å²) in [6, 6.07) is 9.61. The van der Waals surface area contributed by atoms with Crippen LogP contribution >= 0.6 is 0 Å². The maximum absolute atomic E-state index is 12.7. The minimum atomic E-state index is -4.46. The first-order chi connectivity index (χ1) is 10.8. The molecular weight excluding hydrogens is 312 g/mol. The van der Waals surface area contributed by atoms with Gasteiger partial charge in [-0.05, 0) is 42.3 Å². The summed E-state index contributed by atoms with van der Waals surface area (Å²) in [6.07, 6.45) is -3.98. The molecule has 0 aliphatic carbocycles. The second-order valence-corrected chi connectivity index (χ2v) is 4.84. The van der Waals surface area contributed by atoms with Gasteiger partial charge in [-0.15, -0.1) is 0 Å². The first-order valence-corrected chi connectivity index (χ1v) is 6.81. The number of carbonyl (C=O) groups excluding carboxylic acids is 1. The van der Waals surface area contributed by atoms with E-state index in [2.05, 4.69) is 10.6 Å². The Morgan fingerprint density at radius 2 is 1.74 bits per heavy atom. The van der Waals surface area contributed by atoms with Gasteiger partial charge >= 0.3 is 12.2 Å². The third-order valence-corrected chi connectivity index (χ3v) is 3.06.